The molecule has 0 amide bonds. The molecule has 0 radical (unpaired) electrons. The van der Waals surface area contributed by atoms with Gasteiger partial charge in [0.1, 0.15) is 11.8 Å². The Hall–Kier alpha value is -2.51. The standard InChI is InChI=1S/C18H19N5O2/c19-17-14-18(21-9-20-17)23(10-22-14)15-12-7-24-8-13(12)16(15)25-6-11-4-2-1-3-5-11/h1-5,9-10,12-13,15-16H,6-8H2,(H2,19,20,21)/t12-,13+,15+,16+/m0/s1. The van der Waals surface area contributed by atoms with Crippen LogP contribution in [-0.4, -0.2) is 38.8 Å². The summed E-state index contributed by atoms with van der Waals surface area (Å²) in [4.78, 5) is 12.8. The van der Waals surface area contributed by atoms with Crippen LogP contribution in [0, 0.1) is 11.8 Å². The topological polar surface area (TPSA) is 88.1 Å². The summed E-state index contributed by atoms with van der Waals surface area (Å²) in [6.07, 6.45) is 3.37. The summed E-state index contributed by atoms with van der Waals surface area (Å²) in [7, 11) is 0. The van der Waals surface area contributed by atoms with Crippen molar-refractivity contribution < 1.29 is 9.47 Å². The molecule has 5 rings (SSSR count). The molecule has 2 aliphatic rings. The highest BCUT2D eigenvalue weighted by molar-refractivity contribution is 5.81. The van der Waals surface area contributed by atoms with Gasteiger partial charge >= 0.3 is 0 Å². The molecule has 0 spiro atoms. The van der Waals surface area contributed by atoms with Crippen molar-refractivity contribution in [3.05, 3.63) is 48.5 Å². The van der Waals surface area contributed by atoms with E-state index in [1.165, 1.54) is 11.9 Å². The molecule has 3 heterocycles. The Morgan fingerprint density at radius 2 is 1.96 bits per heavy atom. The number of rotatable bonds is 4. The number of nitrogen functional groups attached to an aromatic ring is 1. The van der Waals surface area contributed by atoms with Gasteiger partial charge in [-0.1, -0.05) is 30.3 Å². The monoisotopic (exact) mass is 337 g/mol. The summed E-state index contributed by atoms with van der Waals surface area (Å²) in [5, 5.41) is 0. The number of benzene rings is 1. The Balaban J connectivity index is 1.44. The highest BCUT2D eigenvalue weighted by Crippen LogP contribution is 2.50. The molecule has 1 saturated carbocycles. The largest absolute Gasteiger partial charge is 0.382 e. The fraction of sp³-hybridized carbons (Fsp3) is 0.389. The van der Waals surface area contributed by atoms with Gasteiger partial charge < -0.3 is 19.8 Å². The first-order valence-electron chi connectivity index (χ1n) is 8.49. The molecule has 4 atom stereocenters. The number of anilines is 1. The summed E-state index contributed by atoms with van der Waals surface area (Å²) in [6.45, 7) is 2.10. The Labute approximate surface area is 144 Å². The molecular weight excluding hydrogens is 318 g/mol. The number of hydrogen-bond donors (Lipinski definition) is 1. The van der Waals surface area contributed by atoms with Gasteiger partial charge in [0.15, 0.2) is 11.5 Å². The van der Waals surface area contributed by atoms with Crippen molar-refractivity contribution in [2.24, 2.45) is 11.8 Å². The molecule has 7 nitrogen and oxygen atoms in total. The second-order valence-electron chi connectivity index (χ2n) is 6.70. The van der Waals surface area contributed by atoms with E-state index in [1.54, 1.807) is 6.33 Å². The summed E-state index contributed by atoms with van der Waals surface area (Å²) in [6, 6.07) is 10.4. The van der Waals surface area contributed by atoms with Crippen molar-refractivity contribution in [1.29, 1.82) is 0 Å². The van der Waals surface area contributed by atoms with E-state index < -0.39 is 0 Å². The van der Waals surface area contributed by atoms with Crippen LogP contribution in [0.4, 0.5) is 5.82 Å². The minimum atomic E-state index is 0.0845. The minimum Gasteiger partial charge on any atom is -0.382 e. The van der Waals surface area contributed by atoms with Crippen LogP contribution in [0.5, 0.6) is 0 Å². The van der Waals surface area contributed by atoms with Crippen molar-refractivity contribution in [2.75, 3.05) is 18.9 Å². The molecule has 2 fully saturated rings. The summed E-state index contributed by atoms with van der Waals surface area (Å²) in [5.41, 5.74) is 8.50. The third kappa shape index (κ3) is 2.31. The van der Waals surface area contributed by atoms with Crippen LogP contribution >= 0.6 is 0 Å². The molecular formula is C18H19N5O2. The van der Waals surface area contributed by atoms with Gasteiger partial charge in [0.05, 0.1) is 38.3 Å². The molecule has 1 aliphatic heterocycles. The van der Waals surface area contributed by atoms with E-state index in [-0.39, 0.29) is 12.1 Å². The number of fused-ring (bicyclic) bond motifs is 2. The Morgan fingerprint density at radius 1 is 1.12 bits per heavy atom. The minimum absolute atomic E-state index is 0.0845. The number of hydrogen-bond acceptors (Lipinski definition) is 6. The average Bonchev–Trinajstić information content (AvgIpc) is 3.23. The molecule has 7 heteroatoms. The Morgan fingerprint density at radius 3 is 2.84 bits per heavy atom. The quantitative estimate of drug-likeness (QED) is 0.781. The van der Waals surface area contributed by atoms with Crippen LogP contribution in [0.3, 0.4) is 0 Å². The van der Waals surface area contributed by atoms with Crippen LogP contribution in [0.15, 0.2) is 43.0 Å². The molecule has 0 bridgehead atoms. The van der Waals surface area contributed by atoms with Gasteiger partial charge in [0.2, 0.25) is 0 Å². The van der Waals surface area contributed by atoms with E-state index in [2.05, 4.69) is 31.7 Å². The first-order valence-corrected chi connectivity index (χ1v) is 8.49. The van der Waals surface area contributed by atoms with E-state index in [0.29, 0.717) is 29.8 Å². The predicted molar refractivity (Wildman–Crippen MR) is 91.6 cm³/mol. The van der Waals surface area contributed by atoms with Crippen molar-refractivity contribution in [3.63, 3.8) is 0 Å². The molecule has 1 aromatic carbocycles. The van der Waals surface area contributed by atoms with E-state index in [1.807, 2.05) is 18.2 Å². The molecule has 128 valence electrons. The van der Waals surface area contributed by atoms with Crippen LogP contribution in [0.1, 0.15) is 11.6 Å². The van der Waals surface area contributed by atoms with Crippen LogP contribution < -0.4 is 5.73 Å². The van der Waals surface area contributed by atoms with E-state index in [0.717, 1.165) is 18.9 Å². The number of imidazole rings is 1. The van der Waals surface area contributed by atoms with Gasteiger partial charge in [-0.15, -0.1) is 0 Å². The number of nitrogens with two attached hydrogens (primary N) is 1. The van der Waals surface area contributed by atoms with Crippen molar-refractivity contribution in [1.82, 2.24) is 19.5 Å². The van der Waals surface area contributed by atoms with Crippen LogP contribution in [-0.2, 0) is 16.1 Å². The van der Waals surface area contributed by atoms with Gasteiger partial charge in [-0.2, -0.15) is 0 Å². The molecule has 0 unspecified atom stereocenters. The lowest BCUT2D eigenvalue weighted by Gasteiger charge is -2.47. The number of ether oxygens (including phenoxy) is 2. The normalized spacial score (nSPS) is 28.0. The maximum Gasteiger partial charge on any atom is 0.165 e. The van der Waals surface area contributed by atoms with Crippen LogP contribution in [0.25, 0.3) is 11.2 Å². The highest BCUT2D eigenvalue weighted by Gasteiger charge is 2.55. The fourth-order valence-corrected chi connectivity index (χ4v) is 4.07. The van der Waals surface area contributed by atoms with Gasteiger partial charge in [0.25, 0.3) is 0 Å². The average molecular weight is 337 g/mol. The number of nitrogens with zero attached hydrogens (tertiary/aromatic N) is 4. The van der Waals surface area contributed by atoms with Crippen molar-refractivity contribution >= 4 is 17.0 Å². The second-order valence-corrected chi connectivity index (χ2v) is 6.70. The first kappa shape index (κ1) is 14.8. The zero-order chi connectivity index (χ0) is 16.8. The first-order chi connectivity index (χ1) is 12.3. The maximum absolute atomic E-state index is 6.29. The van der Waals surface area contributed by atoms with E-state index in [4.69, 9.17) is 15.2 Å². The lowest BCUT2D eigenvalue weighted by Crippen LogP contribution is -2.52. The number of aromatic nitrogens is 4. The predicted octanol–water partition coefficient (Wildman–Crippen LogP) is 1.81. The molecule has 3 aromatic rings. The molecule has 2 N–H and O–H groups in total. The SMILES string of the molecule is Nc1ncnc2c1ncn2[C@@H]1[C@H]2COC[C@H]2[C@H]1OCc1ccccc1. The Kier molecular flexibility index (Phi) is 3.43. The van der Waals surface area contributed by atoms with E-state index >= 15 is 0 Å². The summed E-state index contributed by atoms with van der Waals surface area (Å²) in [5.74, 6) is 1.25. The van der Waals surface area contributed by atoms with Gasteiger partial charge in [-0.25, -0.2) is 15.0 Å². The maximum atomic E-state index is 6.29. The Bertz CT molecular complexity index is 897. The van der Waals surface area contributed by atoms with E-state index in [9.17, 15) is 0 Å². The third-order valence-corrected chi connectivity index (χ3v) is 5.36. The van der Waals surface area contributed by atoms with Crippen molar-refractivity contribution in [2.45, 2.75) is 18.8 Å². The lowest BCUT2D eigenvalue weighted by molar-refractivity contribution is -0.119. The highest BCUT2D eigenvalue weighted by atomic mass is 16.5. The molecule has 25 heavy (non-hydrogen) atoms. The van der Waals surface area contributed by atoms with Crippen molar-refractivity contribution in [3.8, 4) is 0 Å². The second kappa shape index (κ2) is 5.79. The lowest BCUT2D eigenvalue weighted by atomic mass is 9.68. The summed E-state index contributed by atoms with van der Waals surface area (Å²) >= 11 is 0. The molecule has 1 aliphatic carbocycles. The molecule has 1 saturated heterocycles. The zero-order valence-corrected chi connectivity index (χ0v) is 13.7. The zero-order valence-electron chi connectivity index (χ0n) is 13.7. The van der Waals surface area contributed by atoms with Crippen LogP contribution in [0.2, 0.25) is 0 Å². The van der Waals surface area contributed by atoms with Gasteiger partial charge in [0, 0.05) is 11.8 Å². The van der Waals surface area contributed by atoms with Gasteiger partial charge in [-0.3, -0.25) is 0 Å². The summed E-state index contributed by atoms with van der Waals surface area (Å²) < 4.78 is 14.1. The smallest absolute Gasteiger partial charge is 0.165 e. The van der Waals surface area contributed by atoms with Gasteiger partial charge in [-0.05, 0) is 5.56 Å². The third-order valence-electron chi connectivity index (χ3n) is 5.36. The molecule has 2 aromatic heterocycles. The fourth-order valence-electron chi connectivity index (χ4n) is 4.07.